The summed E-state index contributed by atoms with van der Waals surface area (Å²) in [5.41, 5.74) is 4.40. The lowest BCUT2D eigenvalue weighted by molar-refractivity contribution is 0.136. The van der Waals surface area contributed by atoms with Gasteiger partial charge in [-0.1, -0.05) is 58.7 Å². The smallest absolute Gasteiger partial charge is 0.322 e. The van der Waals surface area contributed by atoms with Crippen LogP contribution in [0.25, 0.3) is 17.0 Å². The molecule has 1 unspecified atom stereocenters. The molecule has 2 heterocycles. The van der Waals surface area contributed by atoms with Gasteiger partial charge in [0.05, 0.1) is 11.6 Å². The molecule has 1 aromatic heterocycles. The number of aryl methyl sites for hydroxylation is 1. The van der Waals surface area contributed by atoms with Crippen LogP contribution >= 0.6 is 11.6 Å². The van der Waals surface area contributed by atoms with E-state index in [1.165, 1.54) is 0 Å². The van der Waals surface area contributed by atoms with Gasteiger partial charge < -0.3 is 14.6 Å². The zero-order valence-corrected chi connectivity index (χ0v) is 19.7. The molecule has 1 N–H and O–H groups in total. The van der Waals surface area contributed by atoms with E-state index in [0.717, 1.165) is 34.4 Å². The van der Waals surface area contributed by atoms with Gasteiger partial charge in [-0.2, -0.15) is 4.98 Å². The van der Waals surface area contributed by atoms with Crippen LogP contribution in [0.1, 0.15) is 43.3 Å². The van der Waals surface area contributed by atoms with Crippen molar-refractivity contribution in [3.63, 3.8) is 0 Å². The average molecular weight is 467 g/mol. The number of amides is 2. The number of benzene rings is 2. The molecule has 33 heavy (non-hydrogen) atoms. The van der Waals surface area contributed by atoms with Crippen LogP contribution in [0.5, 0.6) is 0 Å². The zero-order chi connectivity index (χ0) is 23.4. The standard InChI is InChI=1S/C25H27ClN4O3/c1-4-32-14-6-13-30-17(3)21(22(27-25(30)31)18-11-9-16(2)10-12-18)24-28-23(29-33-24)19-7-5-8-20(26)15-19/h5,7-12,15,22H,4,6,13-14H2,1-3H3,(H,27,31). The van der Waals surface area contributed by atoms with Gasteiger partial charge in [0.15, 0.2) is 0 Å². The van der Waals surface area contributed by atoms with Crippen molar-refractivity contribution in [2.45, 2.75) is 33.2 Å². The number of carbonyl (C=O) groups excluding carboxylic acids is 1. The first-order chi connectivity index (χ1) is 16.0. The number of ether oxygens (including phenoxy) is 1. The van der Waals surface area contributed by atoms with Crippen molar-refractivity contribution in [3.8, 4) is 11.4 Å². The zero-order valence-electron chi connectivity index (χ0n) is 19.0. The van der Waals surface area contributed by atoms with E-state index in [9.17, 15) is 4.79 Å². The van der Waals surface area contributed by atoms with Gasteiger partial charge in [0, 0.05) is 36.0 Å². The molecule has 1 aliphatic heterocycles. The van der Waals surface area contributed by atoms with Crippen LogP contribution in [0.3, 0.4) is 0 Å². The van der Waals surface area contributed by atoms with E-state index in [0.29, 0.717) is 36.5 Å². The third-order valence-corrected chi connectivity index (χ3v) is 5.86. The van der Waals surface area contributed by atoms with Crippen molar-refractivity contribution in [1.82, 2.24) is 20.4 Å². The Kier molecular flexibility index (Phi) is 7.11. The summed E-state index contributed by atoms with van der Waals surface area (Å²) >= 11 is 6.14. The van der Waals surface area contributed by atoms with Crippen molar-refractivity contribution in [1.29, 1.82) is 0 Å². The molecule has 0 saturated heterocycles. The van der Waals surface area contributed by atoms with Crippen molar-refractivity contribution in [3.05, 3.63) is 76.3 Å². The quantitative estimate of drug-likeness (QED) is 0.435. The van der Waals surface area contributed by atoms with Gasteiger partial charge in [0.2, 0.25) is 5.82 Å². The molecule has 0 fully saturated rings. The molecule has 3 aromatic rings. The minimum absolute atomic E-state index is 0.159. The number of hydrogen-bond acceptors (Lipinski definition) is 5. The Morgan fingerprint density at radius 2 is 1.97 bits per heavy atom. The summed E-state index contributed by atoms with van der Waals surface area (Å²) in [5.74, 6) is 0.804. The van der Waals surface area contributed by atoms with Gasteiger partial charge in [0.25, 0.3) is 5.89 Å². The fraction of sp³-hybridized carbons (Fsp3) is 0.320. The largest absolute Gasteiger partial charge is 0.382 e. The fourth-order valence-corrected chi connectivity index (χ4v) is 4.07. The lowest BCUT2D eigenvalue weighted by Crippen LogP contribution is -2.46. The highest BCUT2D eigenvalue weighted by Crippen LogP contribution is 2.37. The maximum absolute atomic E-state index is 13.0. The Labute approximate surface area is 198 Å². The molecule has 0 spiro atoms. The number of urea groups is 1. The Bertz CT molecular complexity index is 1160. The van der Waals surface area contributed by atoms with Crippen LogP contribution in [0.15, 0.2) is 58.8 Å². The molecule has 172 valence electrons. The van der Waals surface area contributed by atoms with E-state index in [-0.39, 0.29) is 6.03 Å². The van der Waals surface area contributed by atoms with Gasteiger partial charge in [-0.25, -0.2) is 4.79 Å². The number of carbonyl (C=O) groups is 1. The van der Waals surface area contributed by atoms with E-state index in [4.69, 9.17) is 20.9 Å². The van der Waals surface area contributed by atoms with Gasteiger partial charge in [-0.3, -0.25) is 4.90 Å². The monoisotopic (exact) mass is 466 g/mol. The summed E-state index contributed by atoms with van der Waals surface area (Å²) in [6.07, 6.45) is 0.721. The molecule has 0 saturated carbocycles. The summed E-state index contributed by atoms with van der Waals surface area (Å²) in [6.45, 7) is 7.66. The second-order valence-corrected chi connectivity index (χ2v) is 8.36. The van der Waals surface area contributed by atoms with Gasteiger partial charge >= 0.3 is 6.03 Å². The summed E-state index contributed by atoms with van der Waals surface area (Å²) in [5, 5.41) is 7.89. The minimum atomic E-state index is -0.408. The van der Waals surface area contributed by atoms with Crippen LogP contribution in [0.2, 0.25) is 5.02 Å². The number of rotatable bonds is 8. The highest BCUT2D eigenvalue weighted by molar-refractivity contribution is 6.30. The van der Waals surface area contributed by atoms with Crippen molar-refractivity contribution < 1.29 is 14.1 Å². The van der Waals surface area contributed by atoms with E-state index in [1.54, 1.807) is 17.0 Å². The number of nitrogens with zero attached hydrogens (tertiary/aromatic N) is 3. The highest BCUT2D eigenvalue weighted by Gasteiger charge is 2.35. The number of halogens is 1. The molecule has 2 aromatic carbocycles. The summed E-state index contributed by atoms with van der Waals surface area (Å²) < 4.78 is 11.2. The van der Waals surface area contributed by atoms with Crippen molar-refractivity contribution >= 4 is 23.2 Å². The Hall–Kier alpha value is -3.16. The Morgan fingerprint density at radius 3 is 2.70 bits per heavy atom. The maximum Gasteiger partial charge on any atom is 0.322 e. The van der Waals surface area contributed by atoms with Crippen LogP contribution in [0.4, 0.5) is 4.79 Å². The van der Waals surface area contributed by atoms with E-state index >= 15 is 0 Å². The molecule has 4 rings (SSSR count). The molecule has 0 radical (unpaired) electrons. The predicted octanol–water partition coefficient (Wildman–Crippen LogP) is 5.62. The number of allylic oxidation sites excluding steroid dienone is 1. The normalized spacial score (nSPS) is 16.3. The summed E-state index contributed by atoms with van der Waals surface area (Å²) in [7, 11) is 0. The van der Waals surface area contributed by atoms with Gasteiger partial charge in [0.1, 0.15) is 0 Å². The van der Waals surface area contributed by atoms with Crippen LogP contribution in [-0.2, 0) is 4.74 Å². The third-order valence-electron chi connectivity index (χ3n) is 5.62. The first-order valence-electron chi connectivity index (χ1n) is 11.0. The molecular formula is C25H27ClN4O3. The van der Waals surface area contributed by atoms with Gasteiger partial charge in [-0.05, 0) is 44.9 Å². The second-order valence-electron chi connectivity index (χ2n) is 7.93. The molecule has 2 amide bonds. The second kappa shape index (κ2) is 10.2. The highest BCUT2D eigenvalue weighted by atomic mass is 35.5. The first-order valence-corrected chi connectivity index (χ1v) is 11.4. The lowest BCUT2D eigenvalue weighted by Gasteiger charge is -2.35. The SMILES string of the molecule is CCOCCCN1C(=O)NC(c2ccc(C)cc2)C(c2nc(-c3cccc(Cl)c3)no2)=C1C. The fourth-order valence-electron chi connectivity index (χ4n) is 3.88. The van der Waals surface area contributed by atoms with Crippen LogP contribution < -0.4 is 5.32 Å². The molecule has 1 aliphatic rings. The van der Waals surface area contributed by atoms with E-state index < -0.39 is 6.04 Å². The van der Waals surface area contributed by atoms with Crippen molar-refractivity contribution in [2.24, 2.45) is 0 Å². The minimum Gasteiger partial charge on any atom is -0.382 e. The summed E-state index contributed by atoms with van der Waals surface area (Å²) in [4.78, 5) is 19.4. The third kappa shape index (κ3) is 5.10. The van der Waals surface area contributed by atoms with E-state index in [1.807, 2.05) is 57.2 Å². The average Bonchev–Trinajstić information content (AvgIpc) is 3.28. The van der Waals surface area contributed by atoms with Gasteiger partial charge in [-0.15, -0.1) is 0 Å². The summed E-state index contributed by atoms with van der Waals surface area (Å²) in [6, 6.07) is 14.8. The molecule has 0 bridgehead atoms. The Balaban J connectivity index is 1.74. The first kappa shape index (κ1) is 23.0. The lowest BCUT2D eigenvalue weighted by atomic mass is 9.94. The predicted molar refractivity (Wildman–Crippen MR) is 128 cm³/mol. The maximum atomic E-state index is 13.0. The van der Waals surface area contributed by atoms with E-state index in [2.05, 4.69) is 15.5 Å². The number of nitrogens with one attached hydrogen (secondary N) is 1. The molecule has 1 atom stereocenters. The molecule has 0 aliphatic carbocycles. The Morgan fingerprint density at radius 1 is 1.18 bits per heavy atom. The van der Waals surface area contributed by atoms with Crippen molar-refractivity contribution in [2.75, 3.05) is 19.8 Å². The molecule has 7 nitrogen and oxygen atoms in total. The molecule has 8 heteroatoms. The topological polar surface area (TPSA) is 80.5 Å². The number of aromatic nitrogens is 2. The van der Waals surface area contributed by atoms with Crippen LogP contribution in [0, 0.1) is 6.92 Å². The number of hydrogen-bond donors (Lipinski definition) is 1. The van der Waals surface area contributed by atoms with Crippen LogP contribution in [-0.4, -0.2) is 40.8 Å². The molecular weight excluding hydrogens is 440 g/mol.